The molecule has 0 saturated carbocycles. The smallest absolute Gasteiger partial charge is 0.254 e. The molecule has 0 bridgehead atoms. The zero-order valence-corrected chi connectivity index (χ0v) is 24.9. The lowest BCUT2D eigenvalue weighted by Gasteiger charge is -2.41. The highest BCUT2D eigenvalue weighted by Crippen LogP contribution is 2.44. The topological polar surface area (TPSA) is 89.1 Å². The standard InChI is InChI=1S/C29H31BrFN3O5.ClH/c1-17(32-2)27(35)33-26-28(36)34(16-21-20-9-8-19(30)15-18(20)7-10-24(21)37-3)23-6-4-5-22(31)25(23)39-29(26)11-13-38-14-12-29;/h4-10,15,17,26,32H,11-14,16H2,1-3H3,(H,33,35);1H/t17-,26+;/m0./s1. The number of methoxy groups -OCH3 is 1. The molecule has 11 heteroatoms. The van der Waals surface area contributed by atoms with Crippen LogP contribution in [0.2, 0.25) is 0 Å². The fourth-order valence-corrected chi connectivity index (χ4v) is 5.67. The number of carbonyl (C=O) groups excluding carboxylic acids is 2. The van der Waals surface area contributed by atoms with Crippen LogP contribution < -0.4 is 25.0 Å². The zero-order valence-electron chi connectivity index (χ0n) is 22.5. The summed E-state index contributed by atoms with van der Waals surface area (Å²) in [5, 5.41) is 7.68. The number of para-hydroxylation sites is 1. The SMILES string of the molecule is CN[C@@H](C)C(=O)N[C@@H]1C(=O)N(Cc2c(OC)ccc3cc(Br)ccc23)c2cccc(F)c2OC12CCOCC2.Cl. The molecule has 3 aromatic rings. The Kier molecular flexibility index (Phi) is 9.24. The minimum atomic E-state index is -1.18. The van der Waals surface area contributed by atoms with Gasteiger partial charge in [-0.3, -0.25) is 9.59 Å². The molecule has 0 aromatic heterocycles. The van der Waals surface area contributed by atoms with Crippen LogP contribution >= 0.6 is 28.3 Å². The first-order valence-corrected chi connectivity index (χ1v) is 13.7. The molecule has 0 radical (unpaired) electrons. The monoisotopic (exact) mass is 635 g/mol. The molecule has 0 aliphatic carbocycles. The predicted octanol–water partition coefficient (Wildman–Crippen LogP) is 4.74. The van der Waals surface area contributed by atoms with Crippen LogP contribution in [0.3, 0.4) is 0 Å². The quantitative estimate of drug-likeness (QED) is 0.407. The number of hydrogen-bond acceptors (Lipinski definition) is 6. The van der Waals surface area contributed by atoms with Crippen molar-refractivity contribution < 1.29 is 28.2 Å². The van der Waals surface area contributed by atoms with E-state index in [1.54, 1.807) is 33.2 Å². The van der Waals surface area contributed by atoms with Crippen molar-refractivity contribution >= 4 is 56.6 Å². The number of anilines is 1. The van der Waals surface area contributed by atoms with Gasteiger partial charge in [0.15, 0.2) is 11.6 Å². The third-order valence-corrected chi connectivity index (χ3v) is 8.11. The van der Waals surface area contributed by atoms with Crippen LogP contribution in [0.4, 0.5) is 10.1 Å². The zero-order chi connectivity index (χ0) is 27.7. The van der Waals surface area contributed by atoms with Gasteiger partial charge in [-0.25, -0.2) is 4.39 Å². The van der Waals surface area contributed by atoms with Crippen molar-refractivity contribution in [2.24, 2.45) is 0 Å². The molecule has 1 saturated heterocycles. The molecule has 2 aliphatic rings. The summed E-state index contributed by atoms with van der Waals surface area (Å²) in [6, 6.07) is 12.6. The molecule has 40 heavy (non-hydrogen) atoms. The lowest BCUT2D eigenvalue weighted by Crippen LogP contribution is -2.65. The Morgan fingerprint density at radius 1 is 1.23 bits per heavy atom. The maximum atomic E-state index is 15.4. The van der Waals surface area contributed by atoms with Crippen LogP contribution in [-0.4, -0.2) is 56.9 Å². The van der Waals surface area contributed by atoms with Crippen molar-refractivity contribution in [3.05, 3.63) is 64.4 Å². The van der Waals surface area contributed by atoms with Gasteiger partial charge in [0.1, 0.15) is 17.4 Å². The summed E-state index contributed by atoms with van der Waals surface area (Å²) in [7, 11) is 3.24. The number of nitrogens with zero attached hydrogens (tertiary/aromatic N) is 1. The summed E-state index contributed by atoms with van der Waals surface area (Å²) in [4.78, 5) is 29.1. The van der Waals surface area contributed by atoms with Crippen molar-refractivity contribution in [2.75, 3.05) is 32.3 Å². The number of ether oxygens (including phenoxy) is 3. The molecule has 214 valence electrons. The second kappa shape index (κ2) is 12.3. The van der Waals surface area contributed by atoms with Crippen molar-refractivity contribution in [3.8, 4) is 11.5 Å². The normalized spacial score (nSPS) is 18.8. The van der Waals surface area contributed by atoms with Gasteiger partial charge in [-0.15, -0.1) is 12.4 Å². The first-order chi connectivity index (χ1) is 18.8. The number of amides is 2. The van der Waals surface area contributed by atoms with E-state index in [2.05, 4.69) is 26.6 Å². The molecule has 2 amide bonds. The van der Waals surface area contributed by atoms with Gasteiger partial charge in [0.05, 0.1) is 38.6 Å². The van der Waals surface area contributed by atoms with E-state index in [-0.39, 0.29) is 30.6 Å². The van der Waals surface area contributed by atoms with Crippen molar-refractivity contribution in [2.45, 2.75) is 44.0 Å². The van der Waals surface area contributed by atoms with Crippen molar-refractivity contribution in [3.63, 3.8) is 0 Å². The molecule has 2 aliphatic heterocycles. The molecule has 1 spiro atoms. The van der Waals surface area contributed by atoms with Gasteiger partial charge in [0.2, 0.25) is 5.91 Å². The third kappa shape index (κ3) is 5.50. The van der Waals surface area contributed by atoms with Gasteiger partial charge in [0, 0.05) is 22.9 Å². The van der Waals surface area contributed by atoms with Gasteiger partial charge in [0.25, 0.3) is 5.91 Å². The molecule has 5 rings (SSSR count). The maximum absolute atomic E-state index is 15.4. The Labute approximate surface area is 247 Å². The van der Waals surface area contributed by atoms with Crippen LogP contribution in [0.25, 0.3) is 10.8 Å². The molecule has 8 nitrogen and oxygen atoms in total. The predicted molar refractivity (Wildman–Crippen MR) is 157 cm³/mol. The Hall–Kier alpha value is -2.92. The highest BCUT2D eigenvalue weighted by molar-refractivity contribution is 9.10. The Morgan fingerprint density at radius 3 is 2.67 bits per heavy atom. The van der Waals surface area contributed by atoms with E-state index >= 15 is 4.39 Å². The average Bonchev–Trinajstić information content (AvgIpc) is 3.03. The number of carbonyl (C=O) groups is 2. The fraction of sp³-hybridized carbons (Fsp3) is 0.379. The van der Waals surface area contributed by atoms with Gasteiger partial charge >= 0.3 is 0 Å². The van der Waals surface area contributed by atoms with Crippen LogP contribution in [0, 0.1) is 5.82 Å². The Balaban J connectivity index is 0.00000370. The van der Waals surface area contributed by atoms with E-state index in [9.17, 15) is 9.59 Å². The summed E-state index contributed by atoms with van der Waals surface area (Å²) >= 11 is 3.52. The van der Waals surface area contributed by atoms with Gasteiger partial charge in [-0.2, -0.15) is 0 Å². The fourth-order valence-electron chi connectivity index (χ4n) is 5.29. The van der Waals surface area contributed by atoms with Crippen LogP contribution in [0.15, 0.2) is 53.0 Å². The first kappa shape index (κ1) is 30.0. The second-order valence-corrected chi connectivity index (χ2v) is 10.8. The molecule has 2 atom stereocenters. The van der Waals surface area contributed by atoms with E-state index in [0.29, 0.717) is 37.5 Å². The van der Waals surface area contributed by atoms with Gasteiger partial charge in [-0.05, 0) is 55.1 Å². The number of nitrogens with one attached hydrogen (secondary N) is 2. The number of likely N-dealkylation sites (N-methyl/N-ethyl adjacent to an activating group) is 1. The van der Waals surface area contributed by atoms with E-state index in [0.717, 1.165) is 20.8 Å². The van der Waals surface area contributed by atoms with Crippen LogP contribution in [0.5, 0.6) is 11.5 Å². The number of fused-ring (bicyclic) bond motifs is 2. The van der Waals surface area contributed by atoms with Gasteiger partial charge < -0.3 is 29.7 Å². The van der Waals surface area contributed by atoms with Crippen LogP contribution in [-0.2, 0) is 20.9 Å². The van der Waals surface area contributed by atoms with Crippen molar-refractivity contribution in [1.82, 2.24) is 10.6 Å². The summed E-state index contributed by atoms with van der Waals surface area (Å²) in [6.07, 6.45) is 0.621. The summed E-state index contributed by atoms with van der Waals surface area (Å²) in [5.41, 5.74) is -0.138. The lowest BCUT2D eigenvalue weighted by atomic mass is 9.84. The van der Waals surface area contributed by atoms with E-state index in [4.69, 9.17) is 14.2 Å². The van der Waals surface area contributed by atoms with E-state index in [1.165, 1.54) is 11.0 Å². The number of hydrogen-bond donors (Lipinski definition) is 2. The highest BCUT2D eigenvalue weighted by Gasteiger charge is 2.52. The number of rotatable bonds is 6. The molecule has 2 heterocycles. The molecule has 1 fully saturated rings. The minimum Gasteiger partial charge on any atom is -0.496 e. The molecule has 0 unspecified atom stereocenters. The minimum absolute atomic E-state index is 0. The van der Waals surface area contributed by atoms with E-state index in [1.807, 2.05) is 30.3 Å². The Bertz CT molecular complexity index is 1420. The summed E-state index contributed by atoms with van der Waals surface area (Å²) < 4.78 is 34.1. The third-order valence-electron chi connectivity index (χ3n) is 7.62. The largest absolute Gasteiger partial charge is 0.496 e. The van der Waals surface area contributed by atoms with Gasteiger partial charge in [-0.1, -0.05) is 34.1 Å². The highest BCUT2D eigenvalue weighted by atomic mass is 79.9. The number of halogens is 3. The molecule has 2 N–H and O–H groups in total. The second-order valence-electron chi connectivity index (χ2n) is 9.86. The van der Waals surface area contributed by atoms with Crippen LogP contribution in [0.1, 0.15) is 25.3 Å². The molecular formula is C29H32BrClFN3O5. The maximum Gasteiger partial charge on any atom is 0.254 e. The lowest BCUT2D eigenvalue weighted by molar-refractivity contribution is -0.138. The molecule has 3 aromatic carbocycles. The first-order valence-electron chi connectivity index (χ1n) is 12.9. The Morgan fingerprint density at radius 2 is 1.98 bits per heavy atom. The van der Waals surface area contributed by atoms with E-state index < -0.39 is 29.4 Å². The number of benzene rings is 3. The van der Waals surface area contributed by atoms with Crippen molar-refractivity contribution in [1.29, 1.82) is 0 Å². The summed E-state index contributed by atoms with van der Waals surface area (Å²) in [5.74, 6) is -0.766. The average molecular weight is 637 g/mol. The molecular weight excluding hydrogens is 605 g/mol. The summed E-state index contributed by atoms with van der Waals surface area (Å²) in [6.45, 7) is 2.41.